The normalized spacial score (nSPS) is 20.4. The Bertz CT molecular complexity index is 576. The van der Waals surface area contributed by atoms with Crippen LogP contribution in [0, 0.1) is 0 Å². The number of piperidine rings is 1. The van der Waals surface area contributed by atoms with Gasteiger partial charge in [0, 0.05) is 26.1 Å². The van der Waals surface area contributed by atoms with Gasteiger partial charge in [0.25, 0.3) is 5.91 Å². The van der Waals surface area contributed by atoms with Crippen LogP contribution in [-0.2, 0) is 14.3 Å². The molecule has 1 heterocycles. The number of nitrogens with one attached hydrogen (secondary N) is 1. The zero-order valence-electron chi connectivity index (χ0n) is 14.9. The molecule has 1 aliphatic carbocycles. The summed E-state index contributed by atoms with van der Waals surface area (Å²) in [6.45, 7) is 3.01. The molecule has 5 nitrogen and oxygen atoms in total. The van der Waals surface area contributed by atoms with E-state index in [1.807, 2.05) is 35.2 Å². The molecule has 2 fully saturated rings. The molecule has 2 aliphatic rings. The van der Waals surface area contributed by atoms with Crippen molar-refractivity contribution in [1.29, 1.82) is 0 Å². The third kappa shape index (κ3) is 4.82. The SMILES string of the molecule is CC(=O)N1CCC(NC(=O)[C@H](OC2CCCC2)c2ccccc2)CC1. The molecule has 1 aromatic rings. The van der Waals surface area contributed by atoms with E-state index in [0.29, 0.717) is 13.1 Å². The van der Waals surface area contributed by atoms with Crippen LogP contribution in [0.15, 0.2) is 30.3 Å². The summed E-state index contributed by atoms with van der Waals surface area (Å²) in [5.74, 6) is 0.0517. The molecule has 0 unspecified atom stereocenters. The maximum Gasteiger partial charge on any atom is 0.254 e. The van der Waals surface area contributed by atoms with E-state index in [0.717, 1.165) is 31.2 Å². The summed E-state index contributed by atoms with van der Waals surface area (Å²) in [5, 5.41) is 3.15. The summed E-state index contributed by atoms with van der Waals surface area (Å²) >= 11 is 0. The summed E-state index contributed by atoms with van der Waals surface area (Å²) < 4.78 is 6.18. The Morgan fingerprint density at radius 1 is 1.08 bits per heavy atom. The van der Waals surface area contributed by atoms with Gasteiger partial charge in [-0.15, -0.1) is 0 Å². The number of benzene rings is 1. The van der Waals surface area contributed by atoms with E-state index < -0.39 is 6.10 Å². The highest BCUT2D eigenvalue weighted by Gasteiger charge is 2.29. The molecule has 1 saturated heterocycles. The molecular weight excluding hydrogens is 316 g/mol. The molecule has 0 bridgehead atoms. The molecule has 136 valence electrons. The topological polar surface area (TPSA) is 58.6 Å². The summed E-state index contributed by atoms with van der Waals surface area (Å²) in [6, 6.07) is 9.86. The van der Waals surface area contributed by atoms with E-state index in [1.165, 1.54) is 12.8 Å². The predicted octanol–water partition coefficient (Wildman–Crippen LogP) is 2.81. The molecule has 2 amide bonds. The number of rotatable bonds is 5. The fraction of sp³-hybridized carbons (Fsp3) is 0.600. The lowest BCUT2D eigenvalue weighted by Crippen LogP contribution is -2.47. The van der Waals surface area contributed by atoms with Crippen molar-refractivity contribution in [1.82, 2.24) is 10.2 Å². The van der Waals surface area contributed by atoms with Gasteiger partial charge in [-0.1, -0.05) is 43.2 Å². The molecule has 1 saturated carbocycles. The molecule has 0 radical (unpaired) electrons. The zero-order chi connectivity index (χ0) is 17.6. The lowest BCUT2D eigenvalue weighted by molar-refractivity contribution is -0.138. The van der Waals surface area contributed by atoms with Crippen LogP contribution in [0.1, 0.15) is 57.1 Å². The third-order valence-electron chi connectivity index (χ3n) is 5.26. The number of ether oxygens (including phenoxy) is 1. The number of hydrogen-bond donors (Lipinski definition) is 1. The number of carbonyl (C=O) groups excluding carboxylic acids is 2. The molecule has 3 rings (SSSR count). The lowest BCUT2D eigenvalue weighted by Gasteiger charge is -2.32. The second-order valence-corrected chi connectivity index (χ2v) is 7.12. The van der Waals surface area contributed by atoms with Crippen LogP contribution in [0.4, 0.5) is 0 Å². The minimum Gasteiger partial charge on any atom is -0.360 e. The summed E-state index contributed by atoms with van der Waals surface area (Å²) in [7, 11) is 0. The Balaban J connectivity index is 1.62. The van der Waals surface area contributed by atoms with Gasteiger partial charge in [0.2, 0.25) is 5.91 Å². The second kappa shape index (κ2) is 8.48. The van der Waals surface area contributed by atoms with E-state index in [1.54, 1.807) is 6.92 Å². The fourth-order valence-electron chi connectivity index (χ4n) is 3.75. The standard InChI is InChI=1S/C20H28N2O3/c1-15(23)22-13-11-17(12-14-22)21-20(24)19(16-7-3-2-4-8-16)25-18-9-5-6-10-18/h2-4,7-8,17-19H,5-6,9-14H2,1H3,(H,21,24)/t19-/m1/s1. The molecule has 1 N–H and O–H groups in total. The maximum absolute atomic E-state index is 12.9. The smallest absolute Gasteiger partial charge is 0.254 e. The van der Waals surface area contributed by atoms with Crippen molar-refractivity contribution in [2.45, 2.75) is 63.7 Å². The van der Waals surface area contributed by atoms with Crippen molar-refractivity contribution >= 4 is 11.8 Å². The van der Waals surface area contributed by atoms with Gasteiger partial charge in [-0.05, 0) is 31.2 Å². The first kappa shape index (κ1) is 17.9. The van der Waals surface area contributed by atoms with Crippen LogP contribution in [0.5, 0.6) is 0 Å². The Hall–Kier alpha value is -1.88. The number of nitrogens with zero attached hydrogens (tertiary/aromatic N) is 1. The van der Waals surface area contributed by atoms with E-state index in [9.17, 15) is 9.59 Å². The van der Waals surface area contributed by atoms with Gasteiger partial charge in [0.15, 0.2) is 6.10 Å². The van der Waals surface area contributed by atoms with E-state index in [-0.39, 0.29) is 24.0 Å². The highest BCUT2D eigenvalue weighted by Crippen LogP contribution is 2.28. The average molecular weight is 344 g/mol. The molecular formula is C20H28N2O3. The molecule has 1 aromatic carbocycles. The minimum atomic E-state index is -0.546. The number of carbonyl (C=O) groups is 2. The third-order valence-corrected chi connectivity index (χ3v) is 5.26. The van der Waals surface area contributed by atoms with Gasteiger partial charge in [-0.3, -0.25) is 9.59 Å². The minimum absolute atomic E-state index is 0.0561. The fourth-order valence-corrected chi connectivity index (χ4v) is 3.75. The average Bonchev–Trinajstić information content (AvgIpc) is 3.14. The van der Waals surface area contributed by atoms with Crippen LogP contribution in [0.2, 0.25) is 0 Å². The van der Waals surface area contributed by atoms with E-state index in [2.05, 4.69) is 5.32 Å². The van der Waals surface area contributed by atoms with E-state index in [4.69, 9.17) is 4.74 Å². The molecule has 1 atom stereocenters. The first-order valence-electron chi connectivity index (χ1n) is 9.40. The Morgan fingerprint density at radius 3 is 2.32 bits per heavy atom. The Morgan fingerprint density at radius 2 is 1.72 bits per heavy atom. The molecule has 25 heavy (non-hydrogen) atoms. The molecule has 1 aliphatic heterocycles. The van der Waals surface area contributed by atoms with Crippen molar-refractivity contribution < 1.29 is 14.3 Å². The Kier molecular flexibility index (Phi) is 6.08. The monoisotopic (exact) mass is 344 g/mol. The van der Waals surface area contributed by atoms with Crippen molar-refractivity contribution in [2.24, 2.45) is 0 Å². The number of hydrogen-bond acceptors (Lipinski definition) is 3. The van der Waals surface area contributed by atoms with Crippen LogP contribution >= 0.6 is 0 Å². The maximum atomic E-state index is 12.9. The lowest BCUT2D eigenvalue weighted by atomic mass is 10.0. The Labute approximate surface area is 149 Å². The molecule has 5 heteroatoms. The van der Waals surface area contributed by atoms with Gasteiger partial charge >= 0.3 is 0 Å². The van der Waals surface area contributed by atoms with Gasteiger partial charge in [-0.2, -0.15) is 0 Å². The van der Waals surface area contributed by atoms with Crippen molar-refractivity contribution in [3.63, 3.8) is 0 Å². The van der Waals surface area contributed by atoms with Crippen molar-refractivity contribution in [2.75, 3.05) is 13.1 Å². The van der Waals surface area contributed by atoms with Crippen molar-refractivity contribution in [3.05, 3.63) is 35.9 Å². The first-order valence-corrected chi connectivity index (χ1v) is 9.40. The van der Waals surface area contributed by atoms with Gasteiger partial charge in [0.05, 0.1) is 6.10 Å². The number of likely N-dealkylation sites (tertiary alicyclic amines) is 1. The van der Waals surface area contributed by atoms with Gasteiger partial charge in [0.1, 0.15) is 0 Å². The van der Waals surface area contributed by atoms with Gasteiger partial charge in [-0.25, -0.2) is 0 Å². The van der Waals surface area contributed by atoms with Crippen LogP contribution in [-0.4, -0.2) is 41.9 Å². The van der Waals surface area contributed by atoms with Crippen LogP contribution < -0.4 is 5.32 Å². The summed E-state index contributed by atoms with van der Waals surface area (Å²) in [6.07, 6.45) is 5.66. The summed E-state index contributed by atoms with van der Waals surface area (Å²) in [4.78, 5) is 26.2. The van der Waals surface area contributed by atoms with Gasteiger partial charge < -0.3 is 15.0 Å². The zero-order valence-corrected chi connectivity index (χ0v) is 14.9. The molecule has 0 spiro atoms. The van der Waals surface area contributed by atoms with Crippen LogP contribution in [0.25, 0.3) is 0 Å². The summed E-state index contributed by atoms with van der Waals surface area (Å²) in [5.41, 5.74) is 0.910. The largest absolute Gasteiger partial charge is 0.360 e. The van der Waals surface area contributed by atoms with Crippen molar-refractivity contribution in [3.8, 4) is 0 Å². The predicted molar refractivity (Wildman–Crippen MR) is 95.9 cm³/mol. The highest BCUT2D eigenvalue weighted by molar-refractivity contribution is 5.82. The van der Waals surface area contributed by atoms with Crippen LogP contribution in [0.3, 0.4) is 0 Å². The number of amides is 2. The van der Waals surface area contributed by atoms with E-state index >= 15 is 0 Å². The quantitative estimate of drug-likeness (QED) is 0.893. The first-order chi connectivity index (χ1) is 12.1. The molecule has 0 aromatic heterocycles. The second-order valence-electron chi connectivity index (χ2n) is 7.12. The highest BCUT2D eigenvalue weighted by atomic mass is 16.5.